The molecule has 2 heterocycles. The average Bonchev–Trinajstić information content (AvgIpc) is 3.00. The Kier molecular flexibility index (Phi) is 3.53. The largest absolute Gasteiger partial charge is 0.373 e. The normalized spacial score (nSPS) is 29.0. The second-order valence-electron chi connectivity index (χ2n) is 5.26. The van der Waals surface area contributed by atoms with Crippen LogP contribution < -0.4 is 10.5 Å². The van der Waals surface area contributed by atoms with E-state index in [4.69, 9.17) is 10.5 Å². The Morgan fingerprint density at radius 3 is 2.80 bits per heavy atom. The van der Waals surface area contributed by atoms with E-state index in [0.717, 1.165) is 12.8 Å². The third kappa shape index (κ3) is 2.35. The lowest BCUT2D eigenvalue weighted by Crippen LogP contribution is -2.41. The van der Waals surface area contributed by atoms with Gasteiger partial charge in [-0.25, -0.2) is 17.5 Å². The monoisotopic (exact) mass is 300 g/mol. The highest BCUT2D eigenvalue weighted by Crippen LogP contribution is 2.35. The fraction of sp³-hybridized carbons (Fsp3) is 0.538. The maximum absolute atomic E-state index is 13.6. The van der Waals surface area contributed by atoms with E-state index in [2.05, 4.69) is 4.72 Å². The first-order valence-electron chi connectivity index (χ1n) is 6.66. The summed E-state index contributed by atoms with van der Waals surface area (Å²) < 4.78 is 46.7. The molecular weight excluding hydrogens is 283 g/mol. The van der Waals surface area contributed by atoms with Crippen molar-refractivity contribution in [3.05, 3.63) is 29.6 Å². The molecule has 3 rings (SSSR count). The Morgan fingerprint density at radius 2 is 2.20 bits per heavy atom. The molecular formula is C13H17FN2O3S. The maximum atomic E-state index is 13.6. The predicted molar refractivity (Wildman–Crippen MR) is 70.9 cm³/mol. The van der Waals surface area contributed by atoms with Gasteiger partial charge < -0.3 is 10.5 Å². The van der Waals surface area contributed by atoms with Crippen molar-refractivity contribution in [2.75, 3.05) is 0 Å². The van der Waals surface area contributed by atoms with Crippen LogP contribution in [0, 0.1) is 5.82 Å². The van der Waals surface area contributed by atoms with E-state index in [1.54, 1.807) is 0 Å². The molecule has 0 saturated carbocycles. The van der Waals surface area contributed by atoms with Crippen molar-refractivity contribution in [1.82, 2.24) is 4.72 Å². The molecule has 7 heteroatoms. The second kappa shape index (κ2) is 5.07. The topological polar surface area (TPSA) is 81.4 Å². The molecule has 2 saturated heterocycles. The van der Waals surface area contributed by atoms with Gasteiger partial charge in [-0.3, -0.25) is 0 Å². The van der Waals surface area contributed by atoms with Gasteiger partial charge in [0.2, 0.25) is 10.0 Å². The summed E-state index contributed by atoms with van der Waals surface area (Å²) in [6.45, 7) is -0.157. The molecule has 0 radical (unpaired) electrons. The number of halogens is 1. The van der Waals surface area contributed by atoms with Crippen LogP contribution in [0.15, 0.2) is 23.1 Å². The number of ether oxygens (including phenoxy) is 1. The number of nitrogens with two attached hydrogens (primary N) is 1. The molecule has 0 amide bonds. The number of fused-ring (bicyclic) bond motifs is 2. The minimum atomic E-state index is -3.78. The third-order valence-electron chi connectivity index (χ3n) is 3.98. The molecule has 2 aliphatic heterocycles. The quantitative estimate of drug-likeness (QED) is 0.865. The smallest absolute Gasteiger partial charge is 0.241 e. The highest BCUT2D eigenvalue weighted by atomic mass is 32.2. The minimum Gasteiger partial charge on any atom is -0.373 e. The van der Waals surface area contributed by atoms with Crippen molar-refractivity contribution in [1.29, 1.82) is 0 Å². The molecule has 1 aromatic rings. The van der Waals surface area contributed by atoms with E-state index in [-0.39, 0.29) is 35.3 Å². The van der Waals surface area contributed by atoms with Crippen molar-refractivity contribution in [2.24, 2.45) is 5.73 Å². The molecule has 2 bridgehead atoms. The van der Waals surface area contributed by atoms with Gasteiger partial charge in [0.25, 0.3) is 0 Å². The van der Waals surface area contributed by atoms with E-state index in [9.17, 15) is 12.8 Å². The lowest BCUT2D eigenvalue weighted by molar-refractivity contribution is 0.0996. The number of hydrogen-bond acceptors (Lipinski definition) is 4. The lowest BCUT2D eigenvalue weighted by Gasteiger charge is -2.21. The van der Waals surface area contributed by atoms with Gasteiger partial charge in [-0.05, 0) is 31.4 Å². The van der Waals surface area contributed by atoms with Crippen molar-refractivity contribution in [2.45, 2.75) is 49.0 Å². The first-order valence-corrected chi connectivity index (χ1v) is 8.15. The Balaban J connectivity index is 1.87. The molecule has 0 spiro atoms. The summed E-state index contributed by atoms with van der Waals surface area (Å²) in [6, 6.07) is 3.73. The van der Waals surface area contributed by atoms with Crippen LogP contribution in [0.5, 0.6) is 0 Å². The first kappa shape index (κ1) is 13.9. The summed E-state index contributed by atoms with van der Waals surface area (Å²) in [5.41, 5.74) is 5.48. The SMILES string of the molecule is NCc1c(F)cccc1S(=O)(=O)NC1CC2CCC1O2. The summed E-state index contributed by atoms with van der Waals surface area (Å²) in [7, 11) is -3.78. The molecule has 3 unspecified atom stereocenters. The molecule has 5 nitrogen and oxygen atoms in total. The standard InChI is InChI=1S/C13H17FN2O3S/c14-10-2-1-3-13(9(10)7-15)20(17,18)16-11-6-8-4-5-12(11)19-8/h1-3,8,11-12,16H,4-7,15H2. The van der Waals surface area contributed by atoms with Crippen LogP contribution in [0.3, 0.4) is 0 Å². The Morgan fingerprint density at radius 1 is 1.40 bits per heavy atom. The van der Waals surface area contributed by atoms with Gasteiger partial charge in [-0.15, -0.1) is 0 Å². The van der Waals surface area contributed by atoms with Crippen LogP contribution in [-0.2, 0) is 21.3 Å². The molecule has 3 atom stereocenters. The summed E-state index contributed by atoms with van der Waals surface area (Å²) in [4.78, 5) is -0.0808. The number of sulfonamides is 1. The molecule has 0 aliphatic carbocycles. The van der Waals surface area contributed by atoms with Gasteiger partial charge in [-0.1, -0.05) is 6.07 Å². The summed E-state index contributed by atoms with van der Waals surface area (Å²) in [6.07, 6.45) is 2.61. The zero-order valence-electron chi connectivity index (χ0n) is 10.9. The van der Waals surface area contributed by atoms with Gasteiger partial charge in [0.15, 0.2) is 0 Å². The molecule has 0 aromatic heterocycles. The van der Waals surface area contributed by atoms with Crippen LogP contribution in [0.4, 0.5) is 4.39 Å². The summed E-state index contributed by atoms with van der Waals surface area (Å²) >= 11 is 0. The number of benzene rings is 1. The zero-order chi connectivity index (χ0) is 14.3. The molecule has 2 fully saturated rings. The second-order valence-corrected chi connectivity index (χ2v) is 6.94. The van der Waals surface area contributed by atoms with Gasteiger partial charge in [0, 0.05) is 12.1 Å². The third-order valence-corrected chi connectivity index (χ3v) is 5.56. The van der Waals surface area contributed by atoms with E-state index < -0.39 is 15.8 Å². The Labute approximate surface area is 117 Å². The highest BCUT2D eigenvalue weighted by Gasteiger charge is 2.42. The van der Waals surface area contributed by atoms with Crippen molar-refractivity contribution >= 4 is 10.0 Å². The summed E-state index contributed by atoms with van der Waals surface area (Å²) in [5, 5.41) is 0. The van der Waals surface area contributed by atoms with E-state index in [0.29, 0.717) is 6.42 Å². The van der Waals surface area contributed by atoms with E-state index in [1.807, 2.05) is 0 Å². The lowest BCUT2D eigenvalue weighted by atomic mass is 9.96. The molecule has 1 aromatic carbocycles. The van der Waals surface area contributed by atoms with Crippen LogP contribution in [-0.4, -0.2) is 26.7 Å². The fourth-order valence-electron chi connectivity index (χ4n) is 3.01. The van der Waals surface area contributed by atoms with E-state index >= 15 is 0 Å². The van der Waals surface area contributed by atoms with Crippen LogP contribution in [0.2, 0.25) is 0 Å². The van der Waals surface area contributed by atoms with Crippen LogP contribution >= 0.6 is 0 Å². The number of rotatable bonds is 4. The molecule has 20 heavy (non-hydrogen) atoms. The summed E-state index contributed by atoms with van der Waals surface area (Å²) in [5.74, 6) is -0.598. The molecule has 3 N–H and O–H groups in total. The minimum absolute atomic E-state index is 0.0177. The molecule has 110 valence electrons. The number of nitrogens with one attached hydrogen (secondary N) is 1. The number of hydrogen-bond donors (Lipinski definition) is 2. The Hall–Kier alpha value is -1.02. The van der Waals surface area contributed by atoms with Gasteiger partial charge in [0.1, 0.15) is 5.82 Å². The predicted octanol–water partition coefficient (Wildman–Crippen LogP) is 0.883. The average molecular weight is 300 g/mol. The van der Waals surface area contributed by atoms with Crippen LogP contribution in [0.25, 0.3) is 0 Å². The first-order chi connectivity index (χ1) is 9.51. The highest BCUT2D eigenvalue weighted by molar-refractivity contribution is 7.89. The van der Waals surface area contributed by atoms with Gasteiger partial charge in [0.05, 0.1) is 23.1 Å². The Bertz CT molecular complexity index is 620. The van der Waals surface area contributed by atoms with Gasteiger partial charge in [-0.2, -0.15) is 0 Å². The van der Waals surface area contributed by atoms with Crippen molar-refractivity contribution < 1.29 is 17.5 Å². The van der Waals surface area contributed by atoms with E-state index in [1.165, 1.54) is 18.2 Å². The zero-order valence-corrected chi connectivity index (χ0v) is 11.7. The van der Waals surface area contributed by atoms with Crippen LogP contribution in [0.1, 0.15) is 24.8 Å². The fourth-order valence-corrected chi connectivity index (χ4v) is 4.55. The van der Waals surface area contributed by atoms with Crippen molar-refractivity contribution in [3.63, 3.8) is 0 Å². The van der Waals surface area contributed by atoms with Gasteiger partial charge >= 0.3 is 0 Å². The maximum Gasteiger partial charge on any atom is 0.241 e. The van der Waals surface area contributed by atoms with Crippen molar-refractivity contribution in [3.8, 4) is 0 Å². The molecule has 2 aliphatic rings.